The molecule has 1 saturated heterocycles. The number of nitriles is 1. The summed E-state index contributed by atoms with van der Waals surface area (Å²) in [4.78, 5) is 20.1. The van der Waals surface area contributed by atoms with Crippen molar-refractivity contribution < 1.29 is 9.53 Å². The van der Waals surface area contributed by atoms with Crippen molar-refractivity contribution in [2.24, 2.45) is 0 Å². The third-order valence-electron chi connectivity index (χ3n) is 4.47. The summed E-state index contributed by atoms with van der Waals surface area (Å²) >= 11 is 0. The number of nitrogens with zero attached hydrogens (tertiary/aromatic N) is 4. The molecule has 6 nitrogen and oxygen atoms in total. The molecule has 4 rings (SSSR count). The first-order valence-corrected chi connectivity index (χ1v) is 7.93. The summed E-state index contributed by atoms with van der Waals surface area (Å²) in [5.41, 5.74) is 3.76. The van der Waals surface area contributed by atoms with Gasteiger partial charge in [-0.15, -0.1) is 0 Å². The molecule has 0 atom stereocenters. The number of amides is 1. The number of carbonyl (C=O) groups excluding carboxylic acids is 1. The SMILES string of the molecule is N#Cc1cccc(N2CCc3c(cccc3N3CCOC3=O)C2)n1. The van der Waals surface area contributed by atoms with E-state index >= 15 is 0 Å². The molecule has 1 amide bonds. The molecule has 1 aromatic carbocycles. The molecule has 2 aliphatic rings. The van der Waals surface area contributed by atoms with Crippen molar-refractivity contribution in [2.45, 2.75) is 13.0 Å². The minimum absolute atomic E-state index is 0.269. The van der Waals surface area contributed by atoms with E-state index in [0.29, 0.717) is 25.4 Å². The molecule has 6 heteroatoms. The van der Waals surface area contributed by atoms with E-state index in [2.05, 4.69) is 22.0 Å². The van der Waals surface area contributed by atoms with Gasteiger partial charge in [0.2, 0.25) is 0 Å². The van der Waals surface area contributed by atoms with Gasteiger partial charge in [0.05, 0.1) is 12.2 Å². The molecule has 1 aromatic heterocycles. The van der Waals surface area contributed by atoms with Crippen molar-refractivity contribution in [3.05, 3.63) is 53.2 Å². The van der Waals surface area contributed by atoms with Gasteiger partial charge in [0.15, 0.2) is 0 Å². The van der Waals surface area contributed by atoms with Crippen LogP contribution in [0.2, 0.25) is 0 Å². The fourth-order valence-corrected chi connectivity index (χ4v) is 3.31. The predicted molar refractivity (Wildman–Crippen MR) is 88.8 cm³/mol. The number of cyclic esters (lactones) is 1. The lowest BCUT2D eigenvalue weighted by Gasteiger charge is -2.32. The summed E-state index contributed by atoms with van der Waals surface area (Å²) in [6.45, 7) is 2.56. The molecule has 2 aliphatic heterocycles. The Balaban J connectivity index is 1.64. The van der Waals surface area contributed by atoms with E-state index in [9.17, 15) is 4.79 Å². The fraction of sp³-hybridized carbons (Fsp3) is 0.278. The summed E-state index contributed by atoms with van der Waals surface area (Å²) in [6.07, 6.45) is 0.558. The summed E-state index contributed by atoms with van der Waals surface area (Å²) < 4.78 is 5.06. The second-order valence-electron chi connectivity index (χ2n) is 5.85. The smallest absolute Gasteiger partial charge is 0.414 e. The van der Waals surface area contributed by atoms with Crippen LogP contribution in [0.1, 0.15) is 16.8 Å². The van der Waals surface area contributed by atoms with Gasteiger partial charge in [-0.05, 0) is 35.7 Å². The van der Waals surface area contributed by atoms with Gasteiger partial charge < -0.3 is 9.64 Å². The summed E-state index contributed by atoms with van der Waals surface area (Å²) in [6, 6.07) is 13.6. The van der Waals surface area contributed by atoms with Gasteiger partial charge in [-0.3, -0.25) is 4.90 Å². The van der Waals surface area contributed by atoms with Crippen molar-refractivity contribution in [2.75, 3.05) is 29.5 Å². The summed E-state index contributed by atoms with van der Waals surface area (Å²) in [7, 11) is 0. The Labute approximate surface area is 139 Å². The zero-order valence-corrected chi connectivity index (χ0v) is 13.1. The van der Waals surface area contributed by atoms with Gasteiger partial charge in [-0.1, -0.05) is 18.2 Å². The largest absolute Gasteiger partial charge is 0.447 e. The van der Waals surface area contributed by atoms with Gasteiger partial charge in [-0.25, -0.2) is 9.78 Å². The molecule has 120 valence electrons. The first-order valence-electron chi connectivity index (χ1n) is 7.93. The molecule has 3 heterocycles. The fourth-order valence-electron chi connectivity index (χ4n) is 3.31. The van der Waals surface area contributed by atoms with Crippen molar-refractivity contribution in [3.8, 4) is 6.07 Å². The quantitative estimate of drug-likeness (QED) is 0.850. The topological polar surface area (TPSA) is 69.5 Å². The maximum atomic E-state index is 11.9. The molecule has 0 spiro atoms. The van der Waals surface area contributed by atoms with E-state index in [0.717, 1.165) is 24.5 Å². The summed E-state index contributed by atoms with van der Waals surface area (Å²) in [5, 5.41) is 9.02. The lowest BCUT2D eigenvalue weighted by molar-refractivity contribution is 0.181. The van der Waals surface area contributed by atoms with Crippen molar-refractivity contribution in [1.29, 1.82) is 5.26 Å². The molecule has 24 heavy (non-hydrogen) atoms. The predicted octanol–water partition coefficient (Wildman–Crippen LogP) is 2.47. The second-order valence-corrected chi connectivity index (χ2v) is 5.85. The van der Waals surface area contributed by atoms with Crippen LogP contribution in [0.3, 0.4) is 0 Å². The van der Waals surface area contributed by atoms with E-state index in [1.54, 1.807) is 11.0 Å². The van der Waals surface area contributed by atoms with Crippen LogP contribution in [0.25, 0.3) is 0 Å². The number of pyridine rings is 1. The number of carbonyl (C=O) groups is 1. The van der Waals surface area contributed by atoms with Crippen molar-refractivity contribution in [1.82, 2.24) is 4.98 Å². The van der Waals surface area contributed by atoms with Crippen LogP contribution in [0, 0.1) is 11.3 Å². The highest BCUT2D eigenvalue weighted by Gasteiger charge is 2.28. The zero-order chi connectivity index (χ0) is 16.5. The number of hydrogen-bond acceptors (Lipinski definition) is 5. The Bertz CT molecular complexity index is 843. The first kappa shape index (κ1) is 14.5. The van der Waals surface area contributed by atoms with Crippen LogP contribution in [-0.4, -0.2) is 30.8 Å². The average Bonchev–Trinajstić information content (AvgIpc) is 3.06. The number of hydrogen-bond donors (Lipinski definition) is 0. The first-order chi connectivity index (χ1) is 11.8. The highest BCUT2D eigenvalue weighted by atomic mass is 16.6. The second kappa shape index (κ2) is 5.85. The molecule has 0 aliphatic carbocycles. The third kappa shape index (κ3) is 2.44. The average molecular weight is 320 g/mol. The molecular formula is C18H16N4O2. The van der Waals surface area contributed by atoms with E-state index in [-0.39, 0.29) is 6.09 Å². The number of anilines is 2. The number of ether oxygens (including phenoxy) is 1. The highest BCUT2D eigenvalue weighted by molar-refractivity contribution is 5.90. The Morgan fingerprint density at radius 1 is 1.17 bits per heavy atom. The number of fused-ring (bicyclic) bond motifs is 1. The maximum Gasteiger partial charge on any atom is 0.414 e. The van der Waals surface area contributed by atoms with Crippen LogP contribution in [0.15, 0.2) is 36.4 Å². The lowest BCUT2D eigenvalue weighted by Crippen LogP contribution is -2.33. The summed E-state index contributed by atoms with van der Waals surface area (Å²) in [5.74, 6) is 0.811. The van der Waals surface area contributed by atoms with Crippen LogP contribution in [0.4, 0.5) is 16.3 Å². The monoisotopic (exact) mass is 320 g/mol. The minimum atomic E-state index is -0.269. The van der Waals surface area contributed by atoms with Crippen molar-refractivity contribution in [3.63, 3.8) is 0 Å². The van der Waals surface area contributed by atoms with Crippen molar-refractivity contribution >= 4 is 17.6 Å². The maximum absolute atomic E-state index is 11.9. The molecule has 0 saturated carbocycles. The molecular weight excluding hydrogens is 304 g/mol. The Morgan fingerprint density at radius 3 is 2.83 bits per heavy atom. The molecule has 0 radical (unpaired) electrons. The molecule has 0 N–H and O–H groups in total. The Kier molecular flexibility index (Phi) is 3.54. The van der Waals surface area contributed by atoms with E-state index in [4.69, 9.17) is 10.00 Å². The lowest BCUT2D eigenvalue weighted by atomic mass is 9.97. The van der Waals surface area contributed by atoms with Gasteiger partial charge in [0.1, 0.15) is 24.2 Å². The van der Waals surface area contributed by atoms with Crippen LogP contribution >= 0.6 is 0 Å². The van der Waals surface area contributed by atoms with E-state index in [1.165, 1.54) is 11.1 Å². The van der Waals surface area contributed by atoms with Gasteiger partial charge in [0, 0.05) is 13.1 Å². The van der Waals surface area contributed by atoms with E-state index < -0.39 is 0 Å². The van der Waals surface area contributed by atoms with E-state index in [1.807, 2.05) is 24.3 Å². The van der Waals surface area contributed by atoms with Crippen LogP contribution in [-0.2, 0) is 17.7 Å². The molecule has 2 aromatic rings. The Hall–Kier alpha value is -3.07. The normalized spacial score (nSPS) is 16.5. The van der Waals surface area contributed by atoms with Gasteiger partial charge >= 0.3 is 6.09 Å². The number of aromatic nitrogens is 1. The minimum Gasteiger partial charge on any atom is -0.447 e. The number of benzene rings is 1. The van der Waals surface area contributed by atoms with Gasteiger partial charge in [-0.2, -0.15) is 5.26 Å². The molecule has 0 bridgehead atoms. The zero-order valence-electron chi connectivity index (χ0n) is 13.1. The Morgan fingerprint density at radius 2 is 2.04 bits per heavy atom. The van der Waals surface area contributed by atoms with Crippen LogP contribution in [0.5, 0.6) is 0 Å². The van der Waals surface area contributed by atoms with Crippen LogP contribution < -0.4 is 9.80 Å². The molecule has 0 unspecified atom stereocenters. The highest BCUT2D eigenvalue weighted by Crippen LogP contribution is 2.32. The standard InChI is InChI=1S/C18H16N4O2/c19-11-14-4-2-6-17(20-14)21-8-7-15-13(12-21)3-1-5-16(15)22-9-10-24-18(22)23/h1-6H,7-10,12H2. The molecule has 1 fully saturated rings. The van der Waals surface area contributed by atoms with Gasteiger partial charge in [0.25, 0.3) is 0 Å². The third-order valence-corrected chi connectivity index (χ3v) is 4.47. The number of rotatable bonds is 2.